The van der Waals surface area contributed by atoms with Crippen LogP contribution in [0.2, 0.25) is 0 Å². The summed E-state index contributed by atoms with van der Waals surface area (Å²) in [6.07, 6.45) is 1.08. The first kappa shape index (κ1) is 21.8. The number of amides is 2. The summed E-state index contributed by atoms with van der Waals surface area (Å²) in [5.41, 5.74) is 0.239. The summed E-state index contributed by atoms with van der Waals surface area (Å²) in [6.45, 7) is 1.89. The van der Waals surface area contributed by atoms with E-state index in [4.69, 9.17) is 4.74 Å². The molecule has 2 aromatic rings. The van der Waals surface area contributed by atoms with E-state index >= 15 is 0 Å². The van der Waals surface area contributed by atoms with Crippen LogP contribution in [-0.4, -0.2) is 39.2 Å². The predicted octanol–water partition coefficient (Wildman–Crippen LogP) is -1.14. The zero-order valence-electron chi connectivity index (χ0n) is 15.3. The van der Waals surface area contributed by atoms with Gasteiger partial charge in [-0.2, -0.15) is 4.98 Å². The van der Waals surface area contributed by atoms with Gasteiger partial charge in [-0.1, -0.05) is 25.1 Å². The Labute approximate surface area is 171 Å². The number of nitrogens with one attached hydrogen (secondary N) is 1. The molecule has 1 saturated heterocycles. The molecule has 1 fully saturated rings. The summed E-state index contributed by atoms with van der Waals surface area (Å²) in [5.74, 6) is -0.452. The first-order chi connectivity index (χ1) is 12.9. The number of hydrogen-bond donors (Lipinski definition) is 2. The van der Waals surface area contributed by atoms with Gasteiger partial charge in [0.1, 0.15) is 11.0 Å². The van der Waals surface area contributed by atoms with Crippen LogP contribution in [0.25, 0.3) is 0 Å². The Bertz CT molecular complexity index is 932. The highest BCUT2D eigenvalue weighted by molar-refractivity contribution is 8.00. The molecule has 0 radical (unpaired) electrons. The molecule has 1 aromatic heterocycles. The normalized spacial score (nSPS) is 16.2. The van der Waals surface area contributed by atoms with Gasteiger partial charge < -0.3 is 27.2 Å². The number of carbonyl (C=O) groups is 2. The number of hydrogen-bond acceptors (Lipinski definition) is 7. The van der Waals surface area contributed by atoms with Gasteiger partial charge in [0, 0.05) is 6.42 Å². The Morgan fingerprint density at radius 3 is 2.54 bits per heavy atom. The van der Waals surface area contributed by atoms with Crippen LogP contribution in [0.15, 0.2) is 34.2 Å². The molecule has 2 N–H and O–H groups in total. The molecule has 1 aliphatic heterocycles. The third-order valence-corrected chi connectivity index (χ3v) is 5.23. The number of aromatic hydroxyl groups is 1. The maximum Gasteiger partial charge on any atom is 0.258 e. The van der Waals surface area contributed by atoms with Gasteiger partial charge in [-0.15, -0.1) is 0 Å². The topological polar surface area (TPSA) is 113 Å². The van der Waals surface area contributed by atoms with Crippen LogP contribution < -0.4 is 27.6 Å². The molecule has 0 saturated carbocycles. The lowest BCUT2D eigenvalue weighted by Gasteiger charge is -2.15. The summed E-state index contributed by atoms with van der Waals surface area (Å²) in [5, 5.41) is 9.34. The number of aromatic nitrogens is 2. The average Bonchev–Trinajstić information content (AvgIpc) is 2.92. The number of ether oxygens (including phenoxy) is 1. The highest BCUT2D eigenvalue weighted by Gasteiger charge is 2.40. The van der Waals surface area contributed by atoms with Gasteiger partial charge in [0.15, 0.2) is 5.16 Å². The molecule has 1 aromatic carbocycles. The van der Waals surface area contributed by atoms with Gasteiger partial charge in [-0.3, -0.25) is 14.4 Å². The molecule has 28 heavy (non-hydrogen) atoms. The second kappa shape index (κ2) is 9.11. The number of anilines is 1. The molecule has 0 spiro atoms. The number of aromatic amines is 1. The van der Waals surface area contributed by atoms with E-state index in [1.165, 1.54) is 7.11 Å². The van der Waals surface area contributed by atoms with Crippen LogP contribution in [0, 0.1) is 0 Å². The highest BCUT2D eigenvalue weighted by atomic mass is 35.5. The van der Waals surface area contributed by atoms with Crippen molar-refractivity contribution in [2.45, 2.75) is 36.6 Å². The Hall–Kier alpha value is -2.52. The Morgan fingerprint density at radius 1 is 1.29 bits per heavy atom. The minimum atomic E-state index is -0.723. The first-order valence-corrected chi connectivity index (χ1v) is 9.32. The Morgan fingerprint density at radius 2 is 1.96 bits per heavy atom. The van der Waals surface area contributed by atoms with E-state index in [9.17, 15) is 19.5 Å². The third-order valence-electron chi connectivity index (χ3n) is 4.16. The van der Waals surface area contributed by atoms with Crippen LogP contribution in [0.4, 0.5) is 5.69 Å². The first-order valence-electron chi connectivity index (χ1n) is 8.44. The number of imide groups is 1. The van der Waals surface area contributed by atoms with Gasteiger partial charge in [0.2, 0.25) is 17.7 Å². The highest BCUT2D eigenvalue weighted by Crippen LogP contribution is 2.33. The predicted molar refractivity (Wildman–Crippen MR) is 100 cm³/mol. The molecule has 10 heteroatoms. The molecule has 150 valence electrons. The lowest BCUT2D eigenvalue weighted by atomic mass is 10.2. The van der Waals surface area contributed by atoms with Gasteiger partial charge in [0.25, 0.3) is 5.56 Å². The maximum absolute atomic E-state index is 12.7. The van der Waals surface area contributed by atoms with E-state index in [0.29, 0.717) is 24.3 Å². The molecule has 0 aliphatic carbocycles. The summed E-state index contributed by atoms with van der Waals surface area (Å²) in [4.78, 5) is 44.7. The van der Waals surface area contributed by atoms with E-state index in [1.807, 2.05) is 6.92 Å². The molecule has 2 heterocycles. The second-order valence-corrected chi connectivity index (χ2v) is 7.19. The van der Waals surface area contributed by atoms with Crippen molar-refractivity contribution in [2.24, 2.45) is 0 Å². The standard InChI is InChI=1S/C18H19N3O5S.ClH/c1-3-4-12-15(23)19-18(20-16(12)24)27-13-9-14(22)21(17(13)25)10-5-7-11(26-2)8-6-10;/h5-8,13H,3-4,9H2,1-2H3,(H2,19,20,23,24);1H/p-1. The fraction of sp³-hybridized carbons (Fsp3) is 0.333. The monoisotopic (exact) mass is 424 g/mol. The van der Waals surface area contributed by atoms with E-state index in [2.05, 4.69) is 9.97 Å². The van der Waals surface area contributed by atoms with E-state index < -0.39 is 16.7 Å². The summed E-state index contributed by atoms with van der Waals surface area (Å²) in [6, 6.07) is 6.60. The number of carbonyl (C=O) groups excluding carboxylic acids is 2. The number of thioether (sulfide) groups is 1. The van der Waals surface area contributed by atoms with E-state index in [-0.39, 0.29) is 41.3 Å². The molecule has 1 unspecified atom stereocenters. The van der Waals surface area contributed by atoms with Crippen LogP contribution in [0.5, 0.6) is 11.6 Å². The molecule has 3 rings (SSSR count). The quantitative estimate of drug-likeness (QED) is 0.445. The van der Waals surface area contributed by atoms with E-state index in [1.54, 1.807) is 24.3 Å². The molecular weight excluding hydrogens is 406 g/mol. The molecule has 8 nitrogen and oxygen atoms in total. The van der Waals surface area contributed by atoms with Crippen LogP contribution in [0.3, 0.4) is 0 Å². The van der Waals surface area contributed by atoms with Gasteiger partial charge in [-0.25, -0.2) is 4.90 Å². The van der Waals surface area contributed by atoms with Crippen molar-refractivity contribution in [2.75, 3.05) is 12.0 Å². The lowest BCUT2D eigenvalue weighted by Crippen LogP contribution is -3.00. The average molecular weight is 425 g/mol. The fourth-order valence-corrected chi connectivity index (χ4v) is 3.82. The zero-order valence-corrected chi connectivity index (χ0v) is 16.8. The van der Waals surface area contributed by atoms with Crippen molar-refractivity contribution in [1.82, 2.24) is 9.97 Å². The summed E-state index contributed by atoms with van der Waals surface area (Å²) in [7, 11) is 1.53. The van der Waals surface area contributed by atoms with Crippen LogP contribution in [0.1, 0.15) is 25.3 Å². The van der Waals surface area contributed by atoms with Gasteiger partial charge >= 0.3 is 0 Å². The second-order valence-electron chi connectivity index (χ2n) is 6.00. The zero-order chi connectivity index (χ0) is 19.6. The lowest BCUT2D eigenvalue weighted by molar-refractivity contribution is -0.121. The molecule has 1 aliphatic rings. The number of nitrogens with zero attached hydrogens (tertiary/aromatic N) is 2. The van der Waals surface area contributed by atoms with Crippen LogP contribution >= 0.6 is 11.8 Å². The van der Waals surface area contributed by atoms with Crippen molar-refractivity contribution >= 4 is 29.3 Å². The molecular formula is C18H19ClN3O5S-. The number of halogens is 1. The number of H-pyrrole nitrogens is 1. The third kappa shape index (κ3) is 4.31. The number of benzene rings is 1. The van der Waals surface area contributed by atoms with Crippen molar-refractivity contribution in [1.29, 1.82) is 0 Å². The van der Waals surface area contributed by atoms with Gasteiger partial charge in [-0.05, 0) is 30.7 Å². The minimum Gasteiger partial charge on any atom is -1.00 e. The molecule has 1 atom stereocenters. The number of rotatable bonds is 6. The number of methoxy groups -OCH3 is 1. The fourth-order valence-electron chi connectivity index (χ4n) is 2.83. The van der Waals surface area contributed by atoms with Crippen molar-refractivity contribution in [3.8, 4) is 11.6 Å². The maximum atomic E-state index is 12.7. The summed E-state index contributed by atoms with van der Waals surface area (Å²) >= 11 is 0.961. The SMILES string of the molecule is CCCc1c(O)nc(SC2CC(=O)N(c3ccc(OC)cc3)C2=O)[nH]c1=O.[Cl-]. The molecule has 2 amide bonds. The van der Waals surface area contributed by atoms with Crippen molar-refractivity contribution < 1.29 is 31.8 Å². The Balaban J connectivity index is 0.00000280. The largest absolute Gasteiger partial charge is 1.00 e. The van der Waals surface area contributed by atoms with Crippen molar-refractivity contribution in [3.05, 3.63) is 40.2 Å². The minimum absolute atomic E-state index is 0. The Kier molecular flexibility index (Phi) is 7.09. The smallest absolute Gasteiger partial charge is 0.258 e. The van der Waals surface area contributed by atoms with Gasteiger partial charge in [0.05, 0.1) is 18.4 Å². The summed E-state index contributed by atoms with van der Waals surface area (Å²) < 4.78 is 5.08. The van der Waals surface area contributed by atoms with E-state index in [0.717, 1.165) is 16.7 Å². The van der Waals surface area contributed by atoms with Crippen molar-refractivity contribution in [3.63, 3.8) is 0 Å². The van der Waals surface area contributed by atoms with Crippen LogP contribution in [-0.2, 0) is 16.0 Å². The molecule has 0 bridgehead atoms.